The van der Waals surface area contributed by atoms with Crippen molar-refractivity contribution in [3.05, 3.63) is 234 Å². The molecule has 0 spiro atoms. The van der Waals surface area contributed by atoms with Crippen LogP contribution in [-0.4, -0.2) is 0 Å². The molecule has 0 fully saturated rings. The quantitative estimate of drug-likeness (QED) is 0.156. The van der Waals surface area contributed by atoms with E-state index in [-0.39, 0.29) is 10.8 Å². The Kier molecular flexibility index (Phi) is 8.50. The van der Waals surface area contributed by atoms with Crippen LogP contribution in [0.1, 0.15) is 61.1 Å². The zero-order valence-electron chi connectivity index (χ0n) is 39.0. The molecule has 0 aromatic heterocycles. The van der Waals surface area contributed by atoms with Gasteiger partial charge in [-0.2, -0.15) is 0 Å². The molecule has 0 saturated carbocycles. The number of benzene rings is 11. The van der Waals surface area contributed by atoms with Gasteiger partial charge in [-0.3, -0.25) is 0 Å². The summed E-state index contributed by atoms with van der Waals surface area (Å²) in [6, 6.07) is 75.7. The van der Waals surface area contributed by atoms with Crippen LogP contribution in [0.4, 0.5) is 17.1 Å². The van der Waals surface area contributed by atoms with Crippen molar-refractivity contribution in [3.63, 3.8) is 0 Å². The Morgan fingerprint density at radius 3 is 1.13 bits per heavy atom. The van der Waals surface area contributed by atoms with Crippen LogP contribution in [0.15, 0.2) is 200 Å². The van der Waals surface area contributed by atoms with Gasteiger partial charge in [0.05, 0.1) is 11.4 Å². The van der Waals surface area contributed by atoms with Gasteiger partial charge in [0, 0.05) is 27.3 Å². The van der Waals surface area contributed by atoms with E-state index in [0.717, 1.165) is 5.69 Å². The summed E-state index contributed by atoms with van der Waals surface area (Å²) in [5.74, 6) is 0. The molecule has 0 amide bonds. The lowest BCUT2D eigenvalue weighted by atomic mass is 9.79. The second kappa shape index (κ2) is 14.4. The summed E-state index contributed by atoms with van der Waals surface area (Å²) in [4.78, 5) is 2.51. The number of hydrogen-bond acceptors (Lipinski definition) is 1. The standard InChI is InChI=1S/C66H51N/c1-40-27-35-61(51-20-9-7-17-45(40)51)67(62-36-28-41(2)46-18-8-10-21-52(46)62)44-31-34-50-49-33-30-43(38-59(49)66(5,6)60(50)39-44)64-55-24-13-11-22-53(55)63(54-23-12-14-25-56(54)64)42-29-32-48-47-19-15-16-26-57(47)65(3,4)58(48)37-42/h7-39H,1-6H3. The first kappa shape index (κ1) is 39.6. The molecule has 1 nitrogen and oxygen atoms in total. The van der Waals surface area contributed by atoms with Crippen molar-refractivity contribution in [2.75, 3.05) is 4.90 Å². The summed E-state index contributed by atoms with van der Waals surface area (Å²) in [6.07, 6.45) is 0. The summed E-state index contributed by atoms with van der Waals surface area (Å²) in [7, 11) is 0. The first-order valence-corrected chi connectivity index (χ1v) is 23.8. The fourth-order valence-electron chi connectivity index (χ4n) is 12.3. The molecule has 0 atom stereocenters. The molecule has 11 aromatic rings. The molecule has 11 aromatic carbocycles. The van der Waals surface area contributed by atoms with E-state index >= 15 is 0 Å². The van der Waals surface area contributed by atoms with Crippen molar-refractivity contribution in [2.45, 2.75) is 52.4 Å². The van der Waals surface area contributed by atoms with Gasteiger partial charge in [0.15, 0.2) is 0 Å². The Labute approximate surface area is 393 Å². The highest BCUT2D eigenvalue weighted by Crippen LogP contribution is 2.55. The minimum Gasteiger partial charge on any atom is -0.309 e. The number of anilines is 3. The van der Waals surface area contributed by atoms with Gasteiger partial charge in [-0.05, 0) is 160 Å². The molecule has 0 aliphatic heterocycles. The zero-order valence-corrected chi connectivity index (χ0v) is 39.0. The molecular weight excluding hydrogens is 807 g/mol. The Morgan fingerprint density at radius 1 is 0.299 bits per heavy atom. The minimum absolute atomic E-state index is 0.0779. The molecule has 67 heavy (non-hydrogen) atoms. The van der Waals surface area contributed by atoms with E-state index in [1.54, 1.807) is 0 Å². The van der Waals surface area contributed by atoms with Gasteiger partial charge in [0.1, 0.15) is 0 Å². The summed E-state index contributed by atoms with van der Waals surface area (Å²) in [5.41, 5.74) is 21.7. The van der Waals surface area contributed by atoms with Gasteiger partial charge in [-0.15, -0.1) is 0 Å². The lowest BCUT2D eigenvalue weighted by Gasteiger charge is -2.30. The fraction of sp³-hybridized carbons (Fsp3) is 0.121. The van der Waals surface area contributed by atoms with Crippen LogP contribution >= 0.6 is 0 Å². The monoisotopic (exact) mass is 857 g/mol. The van der Waals surface area contributed by atoms with Crippen LogP contribution in [-0.2, 0) is 10.8 Å². The minimum atomic E-state index is -0.257. The van der Waals surface area contributed by atoms with Gasteiger partial charge in [0.2, 0.25) is 0 Å². The third-order valence-corrected chi connectivity index (χ3v) is 15.7. The van der Waals surface area contributed by atoms with E-state index in [0.29, 0.717) is 0 Å². The first-order chi connectivity index (χ1) is 32.6. The van der Waals surface area contributed by atoms with Crippen LogP contribution in [0.3, 0.4) is 0 Å². The Balaban J connectivity index is 0.969. The van der Waals surface area contributed by atoms with Crippen LogP contribution in [0.2, 0.25) is 0 Å². The van der Waals surface area contributed by atoms with Crippen LogP contribution in [0.25, 0.3) is 87.6 Å². The average molecular weight is 858 g/mol. The molecule has 13 rings (SSSR count). The molecule has 0 N–H and O–H groups in total. The third-order valence-electron chi connectivity index (χ3n) is 15.7. The van der Waals surface area contributed by atoms with Gasteiger partial charge in [0.25, 0.3) is 0 Å². The maximum absolute atomic E-state index is 2.51. The van der Waals surface area contributed by atoms with Crippen molar-refractivity contribution in [2.24, 2.45) is 0 Å². The summed E-state index contributed by atoms with van der Waals surface area (Å²) >= 11 is 0. The molecule has 0 bridgehead atoms. The second-order valence-corrected chi connectivity index (χ2v) is 20.1. The van der Waals surface area contributed by atoms with E-state index in [1.165, 1.54) is 132 Å². The maximum atomic E-state index is 2.51. The highest BCUT2D eigenvalue weighted by molar-refractivity contribution is 6.21. The van der Waals surface area contributed by atoms with Crippen molar-refractivity contribution in [3.8, 4) is 44.5 Å². The van der Waals surface area contributed by atoms with Gasteiger partial charge in [-0.1, -0.05) is 191 Å². The maximum Gasteiger partial charge on any atom is 0.0540 e. The molecular formula is C66H51N. The van der Waals surface area contributed by atoms with Crippen molar-refractivity contribution in [1.82, 2.24) is 0 Å². The number of rotatable bonds is 5. The smallest absolute Gasteiger partial charge is 0.0540 e. The molecule has 2 aliphatic carbocycles. The lowest BCUT2D eigenvalue weighted by molar-refractivity contribution is 0.660. The molecule has 1 heteroatoms. The van der Waals surface area contributed by atoms with Crippen LogP contribution in [0.5, 0.6) is 0 Å². The topological polar surface area (TPSA) is 3.24 Å². The first-order valence-electron chi connectivity index (χ1n) is 23.8. The van der Waals surface area contributed by atoms with Gasteiger partial charge < -0.3 is 4.90 Å². The summed E-state index contributed by atoms with van der Waals surface area (Å²) in [5, 5.41) is 10.2. The predicted molar refractivity (Wildman–Crippen MR) is 287 cm³/mol. The number of fused-ring (bicyclic) bond motifs is 10. The highest BCUT2D eigenvalue weighted by atomic mass is 15.1. The van der Waals surface area contributed by atoms with Crippen molar-refractivity contribution >= 4 is 60.2 Å². The van der Waals surface area contributed by atoms with Crippen LogP contribution < -0.4 is 4.90 Å². The summed E-state index contributed by atoms with van der Waals surface area (Å²) < 4.78 is 0. The largest absolute Gasteiger partial charge is 0.309 e. The van der Waals surface area contributed by atoms with E-state index in [9.17, 15) is 0 Å². The molecule has 0 saturated heterocycles. The molecule has 0 unspecified atom stereocenters. The zero-order chi connectivity index (χ0) is 45.3. The Morgan fingerprint density at radius 2 is 0.657 bits per heavy atom. The van der Waals surface area contributed by atoms with Crippen molar-refractivity contribution in [1.29, 1.82) is 0 Å². The van der Waals surface area contributed by atoms with Crippen molar-refractivity contribution < 1.29 is 0 Å². The molecule has 0 heterocycles. The van der Waals surface area contributed by atoms with E-state index in [4.69, 9.17) is 0 Å². The number of hydrogen-bond donors (Lipinski definition) is 0. The Bertz CT molecular complexity index is 3760. The normalized spacial score (nSPS) is 14.1. The summed E-state index contributed by atoms with van der Waals surface area (Å²) in [6.45, 7) is 14.0. The third kappa shape index (κ3) is 5.68. The molecule has 0 radical (unpaired) electrons. The van der Waals surface area contributed by atoms with Gasteiger partial charge in [-0.25, -0.2) is 0 Å². The van der Waals surface area contributed by atoms with E-state index < -0.39 is 0 Å². The fourth-order valence-corrected chi connectivity index (χ4v) is 12.3. The predicted octanol–water partition coefficient (Wildman–Crippen LogP) is 18.3. The Hall–Kier alpha value is -7.74. The van der Waals surface area contributed by atoms with Gasteiger partial charge >= 0.3 is 0 Å². The SMILES string of the molecule is Cc1ccc(N(c2ccc3c(c2)C(C)(C)c2cc(-c4c5ccccc5c(-c5ccc6c(c5)C(C)(C)c5ccccc5-6)c5ccccc45)ccc2-3)c2ccc(C)c3ccccc23)c2ccccc12. The van der Waals surface area contributed by atoms with Crippen LogP contribution in [0, 0.1) is 13.8 Å². The second-order valence-electron chi connectivity index (χ2n) is 20.1. The average Bonchev–Trinajstić information content (AvgIpc) is 3.73. The van der Waals surface area contributed by atoms with E-state index in [1.807, 2.05) is 0 Å². The number of nitrogens with zero attached hydrogens (tertiary/aromatic N) is 1. The highest BCUT2D eigenvalue weighted by Gasteiger charge is 2.38. The number of aryl methyl sites for hydroxylation is 2. The lowest BCUT2D eigenvalue weighted by Crippen LogP contribution is -2.17. The molecule has 2 aliphatic rings. The van der Waals surface area contributed by atoms with E-state index in [2.05, 4.69) is 247 Å². The molecule has 320 valence electrons.